The minimum Gasteiger partial charge on any atom is -0.383 e. The summed E-state index contributed by atoms with van der Waals surface area (Å²) >= 11 is 1.43. The normalized spacial score (nSPS) is 11.9. The summed E-state index contributed by atoms with van der Waals surface area (Å²) in [7, 11) is -0.0216. The van der Waals surface area contributed by atoms with Gasteiger partial charge in [-0.05, 0) is 13.1 Å². The molecular weight excluding hydrogens is 248 g/mol. The fourth-order valence-corrected chi connectivity index (χ4v) is 3.43. The second-order valence-corrected chi connectivity index (χ2v) is 5.93. The Hall–Kier alpha value is -0.470. The predicted molar refractivity (Wildman–Crippen MR) is 64.1 cm³/mol. The van der Waals surface area contributed by atoms with Gasteiger partial charge in [-0.15, -0.1) is 11.3 Å². The van der Waals surface area contributed by atoms with Crippen molar-refractivity contribution in [2.45, 2.75) is 11.4 Å². The van der Waals surface area contributed by atoms with E-state index in [1.807, 2.05) is 7.05 Å². The highest BCUT2D eigenvalue weighted by atomic mass is 32.2. The predicted octanol–water partition coefficient (Wildman–Crippen LogP) is 0.392. The first kappa shape index (κ1) is 13.6. The maximum Gasteiger partial charge on any atom is 0.241 e. The van der Waals surface area contributed by atoms with E-state index in [1.165, 1.54) is 18.4 Å². The molecule has 0 radical (unpaired) electrons. The molecule has 7 heteroatoms. The Morgan fingerprint density at radius 3 is 2.88 bits per heavy atom. The second kappa shape index (κ2) is 6.31. The van der Waals surface area contributed by atoms with Crippen LogP contribution >= 0.6 is 11.3 Å². The largest absolute Gasteiger partial charge is 0.383 e. The fraction of sp³-hybridized carbons (Fsp3) is 0.556. The number of nitrogens with one attached hydrogen (secondary N) is 2. The van der Waals surface area contributed by atoms with Gasteiger partial charge in [0.25, 0.3) is 0 Å². The number of ether oxygens (including phenoxy) is 1. The fourth-order valence-electron chi connectivity index (χ4n) is 1.13. The van der Waals surface area contributed by atoms with Crippen LogP contribution in [0.1, 0.15) is 4.88 Å². The molecule has 0 aliphatic carbocycles. The first-order valence-electron chi connectivity index (χ1n) is 4.81. The van der Waals surface area contributed by atoms with Crippen molar-refractivity contribution in [3.8, 4) is 0 Å². The first-order chi connectivity index (χ1) is 7.60. The van der Waals surface area contributed by atoms with Gasteiger partial charge in [0, 0.05) is 30.5 Å². The maximum absolute atomic E-state index is 11.7. The molecule has 92 valence electrons. The Morgan fingerprint density at radius 1 is 1.50 bits per heavy atom. The van der Waals surface area contributed by atoms with Crippen molar-refractivity contribution in [1.82, 2.24) is 10.0 Å². The number of sulfonamides is 1. The average molecular weight is 264 g/mol. The van der Waals surface area contributed by atoms with E-state index in [2.05, 4.69) is 10.0 Å². The summed E-state index contributed by atoms with van der Waals surface area (Å²) in [6.45, 7) is 1.33. The van der Waals surface area contributed by atoms with Crippen LogP contribution in [0, 0.1) is 0 Å². The molecule has 1 aromatic rings. The van der Waals surface area contributed by atoms with E-state index in [9.17, 15) is 8.42 Å². The standard InChI is InChI=1S/C9H16N2O3S2/c1-10-6-8-5-9(7-15-8)16(12,13)11-3-4-14-2/h5,7,10-11H,3-4,6H2,1-2H3. The third-order valence-electron chi connectivity index (χ3n) is 1.89. The third-order valence-corrected chi connectivity index (χ3v) is 4.42. The van der Waals surface area contributed by atoms with Gasteiger partial charge in [0.1, 0.15) is 0 Å². The van der Waals surface area contributed by atoms with Gasteiger partial charge >= 0.3 is 0 Å². The minimum absolute atomic E-state index is 0.288. The zero-order valence-corrected chi connectivity index (χ0v) is 11.0. The Balaban J connectivity index is 2.66. The second-order valence-electron chi connectivity index (χ2n) is 3.17. The summed E-state index contributed by atoms with van der Waals surface area (Å²) in [6.07, 6.45) is 0. The molecule has 0 fully saturated rings. The number of rotatable bonds is 7. The summed E-state index contributed by atoms with van der Waals surface area (Å²) in [6, 6.07) is 1.68. The smallest absolute Gasteiger partial charge is 0.241 e. The molecule has 0 aliphatic rings. The van der Waals surface area contributed by atoms with Crippen LogP contribution in [0.25, 0.3) is 0 Å². The highest BCUT2D eigenvalue weighted by Gasteiger charge is 2.15. The molecule has 0 saturated heterocycles. The molecular formula is C9H16N2O3S2. The van der Waals surface area contributed by atoms with Crippen LogP contribution in [0.15, 0.2) is 16.3 Å². The zero-order chi connectivity index (χ0) is 12.0. The monoisotopic (exact) mass is 264 g/mol. The minimum atomic E-state index is -3.38. The van der Waals surface area contributed by atoms with Crippen LogP contribution in [-0.4, -0.2) is 35.7 Å². The molecule has 0 spiro atoms. The Labute approximate surface area is 99.9 Å². The summed E-state index contributed by atoms with van der Waals surface area (Å²) in [4.78, 5) is 1.31. The van der Waals surface area contributed by atoms with Crippen molar-refractivity contribution in [2.24, 2.45) is 0 Å². The lowest BCUT2D eigenvalue weighted by atomic mass is 10.5. The van der Waals surface area contributed by atoms with Crippen LogP contribution in [0.4, 0.5) is 0 Å². The van der Waals surface area contributed by atoms with Gasteiger partial charge in [0.15, 0.2) is 0 Å². The van der Waals surface area contributed by atoms with Crippen LogP contribution in [0.5, 0.6) is 0 Å². The van der Waals surface area contributed by atoms with E-state index < -0.39 is 10.0 Å². The van der Waals surface area contributed by atoms with Crippen LogP contribution < -0.4 is 10.0 Å². The molecule has 0 saturated carbocycles. The van der Waals surface area contributed by atoms with Crippen molar-refractivity contribution < 1.29 is 13.2 Å². The molecule has 2 N–H and O–H groups in total. The molecule has 0 unspecified atom stereocenters. The Bertz CT molecular complexity index is 414. The SMILES string of the molecule is CNCc1cc(S(=O)(=O)NCCOC)cs1. The molecule has 1 rings (SSSR count). The van der Waals surface area contributed by atoms with Crippen molar-refractivity contribution >= 4 is 21.4 Å². The summed E-state index contributed by atoms with van der Waals surface area (Å²) < 4.78 is 30.7. The van der Waals surface area contributed by atoms with Crippen molar-refractivity contribution in [3.05, 3.63) is 16.3 Å². The molecule has 1 heterocycles. The highest BCUT2D eigenvalue weighted by Crippen LogP contribution is 2.18. The zero-order valence-electron chi connectivity index (χ0n) is 9.32. The van der Waals surface area contributed by atoms with Crippen molar-refractivity contribution in [2.75, 3.05) is 27.3 Å². The van der Waals surface area contributed by atoms with Gasteiger partial charge in [-0.1, -0.05) is 0 Å². The van der Waals surface area contributed by atoms with Crippen LogP contribution in [-0.2, 0) is 21.3 Å². The van der Waals surface area contributed by atoms with Crippen molar-refractivity contribution in [3.63, 3.8) is 0 Å². The van der Waals surface area contributed by atoms with Crippen LogP contribution in [0.2, 0.25) is 0 Å². The van der Waals surface area contributed by atoms with E-state index in [1.54, 1.807) is 11.4 Å². The molecule has 0 atom stereocenters. The lowest BCUT2D eigenvalue weighted by Crippen LogP contribution is -2.26. The average Bonchev–Trinajstić information content (AvgIpc) is 2.68. The van der Waals surface area contributed by atoms with Crippen molar-refractivity contribution in [1.29, 1.82) is 0 Å². The van der Waals surface area contributed by atoms with Gasteiger partial charge in [-0.25, -0.2) is 13.1 Å². The highest BCUT2D eigenvalue weighted by molar-refractivity contribution is 7.89. The lowest BCUT2D eigenvalue weighted by Gasteiger charge is -2.03. The van der Waals surface area contributed by atoms with Crippen LogP contribution in [0.3, 0.4) is 0 Å². The van der Waals surface area contributed by atoms with Gasteiger partial charge in [0.05, 0.1) is 11.5 Å². The number of methoxy groups -OCH3 is 1. The summed E-state index contributed by atoms with van der Waals surface area (Å²) in [5.74, 6) is 0. The lowest BCUT2D eigenvalue weighted by molar-refractivity contribution is 0.204. The van der Waals surface area contributed by atoms with Gasteiger partial charge in [-0.3, -0.25) is 0 Å². The van der Waals surface area contributed by atoms with E-state index in [-0.39, 0.29) is 6.54 Å². The molecule has 0 aromatic carbocycles. The first-order valence-corrected chi connectivity index (χ1v) is 7.17. The molecule has 0 bridgehead atoms. The Kier molecular flexibility index (Phi) is 5.36. The van der Waals surface area contributed by atoms with E-state index in [4.69, 9.17) is 4.74 Å². The third kappa shape index (κ3) is 3.84. The van der Waals surface area contributed by atoms with E-state index >= 15 is 0 Å². The number of hydrogen-bond acceptors (Lipinski definition) is 5. The number of thiophene rings is 1. The molecule has 16 heavy (non-hydrogen) atoms. The molecule has 5 nitrogen and oxygen atoms in total. The Morgan fingerprint density at radius 2 is 2.25 bits per heavy atom. The maximum atomic E-state index is 11.7. The summed E-state index contributed by atoms with van der Waals surface area (Å²) in [5.41, 5.74) is 0. The molecule has 0 amide bonds. The number of hydrogen-bond donors (Lipinski definition) is 2. The topological polar surface area (TPSA) is 67.4 Å². The van der Waals surface area contributed by atoms with E-state index in [0.29, 0.717) is 18.0 Å². The molecule has 1 aromatic heterocycles. The van der Waals surface area contributed by atoms with Gasteiger partial charge in [-0.2, -0.15) is 0 Å². The summed E-state index contributed by atoms with van der Waals surface area (Å²) in [5, 5.41) is 4.62. The molecule has 0 aliphatic heterocycles. The van der Waals surface area contributed by atoms with Gasteiger partial charge in [0.2, 0.25) is 10.0 Å². The van der Waals surface area contributed by atoms with E-state index in [0.717, 1.165) is 4.88 Å². The quantitative estimate of drug-likeness (QED) is 0.699. The van der Waals surface area contributed by atoms with Gasteiger partial charge < -0.3 is 10.1 Å².